The molecule has 0 spiro atoms. The number of carbonyl (C=O) groups is 1. The van der Waals surface area contributed by atoms with E-state index in [1.165, 1.54) is 51.4 Å². The highest BCUT2D eigenvalue weighted by Crippen LogP contribution is 2.29. The lowest BCUT2D eigenvalue weighted by Crippen LogP contribution is -2.35. The summed E-state index contributed by atoms with van der Waals surface area (Å²) in [5.74, 6) is 1.69. The van der Waals surface area contributed by atoms with Crippen LogP contribution in [-0.4, -0.2) is 25.2 Å². The molecule has 3 heteroatoms. The average molecular weight is 267 g/mol. The Bertz CT molecular complexity index is 270. The maximum atomic E-state index is 11.8. The van der Waals surface area contributed by atoms with Crippen LogP contribution < -0.4 is 5.32 Å². The number of ether oxygens (including phenoxy) is 1. The van der Waals surface area contributed by atoms with Crippen LogP contribution in [0.3, 0.4) is 0 Å². The lowest BCUT2D eigenvalue weighted by Gasteiger charge is -2.21. The van der Waals surface area contributed by atoms with Crippen LogP contribution in [0.2, 0.25) is 0 Å². The van der Waals surface area contributed by atoms with E-state index in [0.717, 1.165) is 31.4 Å². The Morgan fingerprint density at radius 3 is 2.58 bits per heavy atom. The minimum absolute atomic E-state index is 0.0595. The average Bonchev–Trinajstić information content (AvgIpc) is 3.26. The van der Waals surface area contributed by atoms with Crippen LogP contribution in [0, 0.1) is 11.8 Å². The summed E-state index contributed by atoms with van der Waals surface area (Å²) in [6.45, 7) is 3.43. The second-order valence-electron chi connectivity index (χ2n) is 6.36. The molecule has 0 heterocycles. The van der Waals surface area contributed by atoms with Crippen molar-refractivity contribution in [3.05, 3.63) is 0 Å². The first-order valence-corrected chi connectivity index (χ1v) is 8.15. The van der Waals surface area contributed by atoms with E-state index in [1.54, 1.807) is 0 Å². The van der Waals surface area contributed by atoms with Crippen LogP contribution >= 0.6 is 0 Å². The third kappa shape index (κ3) is 5.94. The molecule has 1 atom stereocenters. The zero-order valence-electron chi connectivity index (χ0n) is 12.3. The molecule has 0 aromatic heterocycles. The van der Waals surface area contributed by atoms with E-state index in [0.29, 0.717) is 0 Å². The number of rotatable bonds is 8. The summed E-state index contributed by atoms with van der Waals surface area (Å²) in [6, 6.07) is 0. The molecule has 19 heavy (non-hydrogen) atoms. The van der Waals surface area contributed by atoms with Gasteiger partial charge in [-0.1, -0.05) is 32.1 Å². The van der Waals surface area contributed by atoms with Crippen molar-refractivity contribution in [2.75, 3.05) is 13.2 Å². The van der Waals surface area contributed by atoms with E-state index in [1.807, 2.05) is 6.92 Å². The molecule has 0 bridgehead atoms. The lowest BCUT2D eigenvalue weighted by molar-refractivity contribution is -0.132. The van der Waals surface area contributed by atoms with Gasteiger partial charge in [0, 0.05) is 6.54 Å². The highest BCUT2D eigenvalue weighted by atomic mass is 16.5. The Labute approximate surface area is 117 Å². The Balaban J connectivity index is 1.47. The van der Waals surface area contributed by atoms with Gasteiger partial charge in [0.05, 0.1) is 6.61 Å². The van der Waals surface area contributed by atoms with Gasteiger partial charge in [0.2, 0.25) is 5.91 Å². The van der Waals surface area contributed by atoms with Crippen molar-refractivity contribution in [2.24, 2.45) is 11.8 Å². The fraction of sp³-hybridized carbons (Fsp3) is 0.938. The van der Waals surface area contributed by atoms with Crippen LogP contribution in [0.5, 0.6) is 0 Å². The molecule has 1 unspecified atom stereocenters. The molecule has 1 N–H and O–H groups in total. The minimum atomic E-state index is -0.282. The fourth-order valence-corrected chi connectivity index (χ4v) is 2.86. The van der Waals surface area contributed by atoms with Crippen molar-refractivity contribution in [3.63, 3.8) is 0 Å². The van der Waals surface area contributed by atoms with E-state index in [4.69, 9.17) is 4.74 Å². The maximum absolute atomic E-state index is 11.8. The van der Waals surface area contributed by atoms with E-state index >= 15 is 0 Å². The molecular formula is C16H29NO2. The summed E-state index contributed by atoms with van der Waals surface area (Å²) in [4.78, 5) is 11.8. The fourth-order valence-electron chi connectivity index (χ4n) is 2.86. The lowest BCUT2D eigenvalue weighted by atomic mass is 9.86. The molecule has 0 aromatic rings. The van der Waals surface area contributed by atoms with E-state index in [9.17, 15) is 4.79 Å². The zero-order valence-corrected chi connectivity index (χ0v) is 12.3. The number of nitrogens with one attached hydrogen (secondary N) is 1. The van der Waals surface area contributed by atoms with Crippen molar-refractivity contribution in [3.8, 4) is 0 Å². The van der Waals surface area contributed by atoms with Crippen molar-refractivity contribution in [2.45, 2.75) is 70.8 Å². The summed E-state index contributed by atoms with van der Waals surface area (Å²) < 4.78 is 5.56. The highest BCUT2D eigenvalue weighted by Gasteiger charge is 2.23. The summed E-state index contributed by atoms with van der Waals surface area (Å²) in [7, 11) is 0. The van der Waals surface area contributed by atoms with Gasteiger partial charge in [-0.05, 0) is 44.4 Å². The van der Waals surface area contributed by atoms with Crippen LogP contribution in [0.1, 0.15) is 64.7 Å². The van der Waals surface area contributed by atoms with Crippen LogP contribution in [0.25, 0.3) is 0 Å². The summed E-state index contributed by atoms with van der Waals surface area (Å²) >= 11 is 0. The van der Waals surface area contributed by atoms with Crippen LogP contribution in [0.15, 0.2) is 0 Å². The maximum Gasteiger partial charge on any atom is 0.248 e. The van der Waals surface area contributed by atoms with Gasteiger partial charge >= 0.3 is 0 Å². The molecule has 110 valence electrons. The quantitative estimate of drug-likeness (QED) is 0.685. The van der Waals surface area contributed by atoms with E-state index < -0.39 is 0 Å². The molecule has 0 radical (unpaired) electrons. The standard InChI is InChI=1S/C16H29NO2/c1-13(19-12-15-9-10-15)16(18)17-11-5-8-14-6-3-2-4-7-14/h13-15H,2-12H2,1H3,(H,17,18). The third-order valence-electron chi connectivity index (χ3n) is 4.46. The van der Waals surface area contributed by atoms with Gasteiger partial charge in [0.1, 0.15) is 6.10 Å². The molecule has 2 aliphatic rings. The Morgan fingerprint density at radius 1 is 1.16 bits per heavy atom. The normalized spacial score (nSPS) is 22.2. The SMILES string of the molecule is CC(OCC1CC1)C(=O)NCCCC1CCCCC1. The van der Waals surface area contributed by atoms with Gasteiger partial charge in [-0.2, -0.15) is 0 Å². The van der Waals surface area contributed by atoms with Gasteiger partial charge < -0.3 is 10.1 Å². The molecule has 2 aliphatic carbocycles. The minimum Gasteiger partial charge on any atom is -0.368 e. The third-order valence-corrected chi connectivity index (χ3v) is 4.46. The summed E-state index contributed by atoms with van der Waals surface area (Å²) in [6.07, 6.45) is 11.7. The first-order chi connectivity index (χ1) is 9.25. The largest absolute Gasteiger partial charge is 0.368 e. The topological polar surface area (TPSA) is 38.3 Å². The number of amides is 1. The van der Waals surface area contributed by atoms with Crippen LogP contribution in [0.4, 0.5) is 0 Å². The van der Waals surface area contributed by atoms with Crippen molar-refractivity contribution in [1.82, 2.24) is 5.32 Å². The highest BCUT2D eigenvalue weighted by molar-refractivity contribution is 5.80. The molecule has 0 saturated heterocycles. The Hall–Kier alpha value is -0.570. The van der Waals surface area contributed by atoms with Crippen molar-refractivity contribution in [1.29, 1.82) is 0 Å². The zero-order chi connectivity index (χ0) is 13.5. The molecule has 2 rings (SSSR count). The molecule has 0 aliphatic heterocycles. The predicted molar refractivity (Wildman–Crippen MR) is 77.0 cm³/mol. The first kappa shape index (κ1) is 14.8. The second-order valence-corrected chi connectivity index (χ2v) is 6.36. The predicted octanol–water partition coefficient (Wildman–Crippen LogP) is 3.28. The molecule has 1 amide bonds. The van der Waals surface area contributed by atoms with Crippen LogP contribution in [-0.2, 0) is 9.53 Å². The van der Waals surface area contributed by atoms with Gasteiger partial charge in [-0.25, -0.2) is 0 Å². The first-order valence-electron chi connectivity index (χ1n) is 8.15. The number of hydrogen-bond donors (Lipinski definition) is 1. The molecule has 2 fully saturated rings. The summed E-state index contributed by atoms with van der Waals surface area (Å²) in [5.41, 5.74) is 0. The van der Waals surface area contributed by atoms with Gasteiger partial charge in [-0.15, -0.1) is 0 Å². The Kier molecular flexibility index (Phi) is 6.15. The number of hydrogen-bond acceptors (Lipinski definition) is 2. The molecule has 3 nitrogen and oxygen atoms in total. The van der Waals surface area contributed by atoms with Gasteiger partial charge in [0.15, 0.2) is 0 Å². The monoisotopic (exact) mass is 267 g/mol. The Morgan fingerprint density at radius 2 is 1.89 bits per heavy atom. The number of carbonyl (C=O) groups excluding carboxylic acids is 1. The molecule has 2 saturated carbocycles. The smallest absolute Gasteiger partial charge is 0.248 e. The molecule has 0 aromatic carbocycles. The second kappa shape index (κ2) is 7.88. The van der Waals surface area contributed by atoms with Gasteiger partial charge in [-0.3, -0.25) is 4.79 Å². The van der Waals surface area contributed by atoms with E-state index in [-0.39, 0.29) is 12.0 Å². The van der Waals surface area contributed by atoms with Gasteiger partial charge in [0.25, 0.3) is 0 Å². The van der Waals surface area contributed by atoms with Crippen molar-refractivity contribution < 1.29 is 9.53 Å². The van der Waals surface area contributed by atoms with Crippen molar-refractivity contribution >= 4 is 5.91 Å². The summed E-state index contributed by atoms with van der Waals surface area (Å²) in [5, 5.41) is 3.00. The molecular weight excluding hydrogens is 238 g/mol. The van der Waals surface area contributed by atoms with E-state index in [2.05, 4.69) is 5.32 Å².